The van der Waals surface area contributed by atoms with Gasteiger partial charge in [0, 0.05) is 6.04 Å². The molecule has 1 saturated carbocycles. The molecule has 118 valence electrons. The van der Waals surface area contributed by atoms with Crippen LogP contribution in [0.25, 0.3) is 0 Å². The first-order valence-corrected chi connectivity index (χ1v) is 8.52. The van der Waals surface area contributed by atoms with Crippen LogP contribution < -0.4 is 10.5 Å². The predicted octanol–water partition coefficient (Wildman–Crippen LogP) is 4.66. The van der Waals surface area contributed by atoms with Crippen molar-refractivity contribution in [2.45, 2.75) is 70.8 Å². The van der Waals surface area contributed by atoms with Gasteiger partial charge in [-0.2, -0.15) is 0 Å². The molecule has 0 aromatic heterocycles. The van der Waals surface area contributed by atoms with Gasteiger partial charge in [0.1, 0.15) is 12.4 Å². The van der Waals surface area contributed by atoms with Crippen LogP contribution in [0.15, 0.2) is 24.3 Å². The highest BCUT2D eigenvalue weighted by Crippen LogP contribution is 2.29. The molecule has 0 bridgehead atoms. The Balaban J connectivity index is 1.86. The molecule has 0 heterocycles. The van der Waals surface area contributed by atoms with E-state index in [1.165, 1.54) is 37.7 Å². The molecule has 2 nitrogen and oxygen atoms in total. The maximum absolute atomic E-state index is 6.29. The first-order chi connectivity index (χ1) is 10.0. The van der Waals surface area contributed by atoms with Crippen LogP contribution in [0.1, 0.15) is 64.9 Å². The van der Waals surface area contributed by atoms with Crippen molar-refractivity contribution in [2.75, 3.05) is 6.61 Å². The highest BCUT2D eigenvalue weighted by Gasteiger charge is 2.21. The van der Waals surface area contributed by atoms with Gasteiger partial charge in [-0.15, -0.1) is 0 Å². The van der Waals surface area contributed by atoms with Crippen molar-refractivity contribution < 1.29 is 4.74 Å². The molecule has 1 aliphatic rings. The van der Waals surface area contributed by atoms with Crippen molar-refractivity contribution in [3.8, 4) is 5.75 Å². The second-order valence-corrected chi connectivity index (χ2v) is 7.13. The molecule has 1 unspecified atom stereocenters. The minimum atomic E-state index is 0.178. The number of hydrogen-bond donors (Lipinski definition) is 1. The van der Waals surface area contributed by atoms with Crippen LogP contribution in [0, 0.1) is 5.92 Å². The summed E-state index contributed by atoms with van der Waals surface area (Å²) in [5.41, 5.74) is 7.89. The summed E-state index contributed by atoms with van der Waals surface area (Å²) in [4.78, 5) is 0. The Labute approximate surface area is 130 Å². The molecular formula is C19H31NO. The van der Waals surface area contributed by atoms with E-state index >= 15 is 0 Å². The van der Waals surface area contributed by atoms with Crippen LogP contribution in [0.3, 0.4) is 0 Å². The van der Waals surface area contributed by atoms with E-state index in [0.29, 0.717) is 12.5 Å². The monoisotopic (exact) mass is 289 g/mol. The van der Waals surface area contributed by atoms with E-state index in [2.05, 4.69) is 45.0 Å². The standard InChI is InChI=1S/C19H31NO/c1-4-19(2,3)16-10-12-17(13-11-16)21-14-18(20)15-8-6-5-7-9-15/h10-13,15,18H,4-9,14,20H2,1-3H3. The van der Waals surface area contributed by atoms with E-state index in [1.807, 2.05) is 0 Å². The van der Waals surface area contributed by atoms with E-state index in [4.69, 9.17) is 10.5 Å². The lowest BCUT2D eigenvalue weighted by molar-refractivity contribution is 0.214. The SMILES string of the molecule is CCC(C)(C)c1ccc(OCC(N)C2CCCCC2)cc1. The molecule has 0 saturated heterocycles. The maximum Gasteiger partial charge on any atom is 0.119 e. The van der Waals surface area contributed by atoms with Crippen molar-refractivity contribution >= 4 is 0 Å². The average molecular weight is 289 g/mol. The van der Waals surface area contributed by atoms with Gasteiger partial charge in [0.2, 0.25) is 0 Å². The molecule has 1 atom stereocenters. The topological polar surface area (TPSA) is 35.2 Å². The largest absolute Gasteiger partial charge is 0.492 e. The average Bonchev–Trinajstić information content (AvgIpc) is 2.54. The Morgan fingerprint density at radius 1 is 1.14 bits per heavy atom. The molecule has 21 heavy (non-hydrogen) atoms. The van der Waals surface area contributed by atoms with Crippen LogP contribution in [0.5, 0.6) is 5.75 Å². The van der Waals surface area contributed by atoms with Crippen molar-refractivity contribution in [2.24, 2.45) is 11.7 Å². The lowest BCUT2D eigenvalue weighted by Crippen LogP contribution is -2.37. The van der Waals surface area contributed by atoms with E-state index in [-0.39, 0.29) is 11.5 Å². The molecule has 0 spiro atoms. The van der Waals surface area contributed by atoms with Crippen LogP contribution in [-0.2, 0) is 5.41 Å². The van der Waals surface area contributed by atoms with Gasteiger partial charge in [0.15, 0.2) is 0 Å². The minimum absolute atomic E-state index is 0.178. The van der Waals surface area contributed by atoms with Gasteiger partial charge in [0.25, 0.3) is 0 Å². The number of benzene rings is 1. The second kappa shape index (κ2) is 7.31. The molecule has 2 rings (SSSR count). The Bertz CT molecular complexity index is 418. The summed E-state index contributed by atoms with van der Waals surface area (Å²) in [5.74, 6) is 1.59. The van der Waals surface area contributed by atoms with E-state index in [1.54, 1.807) is 0 Å². The number of ether oxygens (including phenoxy) is 1. The minimum Gasteiger partial charge on any atom is -0.492 e. The molecule has 1 aromatic carbocycles. The smallest absolute Gasteiger partial charge is 0.119 e. The van der Waals surface area contributed by atoms with E-state index in [0.717, 1.165) is 12.2 Å². The van der Waals surface area contributed by atoms with Crippen molar-refractivity contribution in [3.63, 3.8) is 0 Å². The number of nitrogens with two attached hydrogens (primary N) is 1. The maximum atomic E-state index is 6.29. The number of rotatable bonds is 6. The first-order valence-electron chi connectivity index (χ1n) is 8.52. The van der Waals surface area contributed by atoms with Crippen molar-refractivity contribution in [1.82, 2.24) is 0 Å². The Kier molecular flexibility index (Phi) is 5.69. The quantitative estimate of drug-likeness (QED) is 0.826. The van der Waals surface area contributed by atoms with Gasteiger partial charge in [-0.05, 0) is 48.3 Å². The summed E-state index contributed by atoms with van der Waals surface area (Å²) in [6, 6.07) is 8.72. The molecule has 1 aliphatic carbocycles. The third-order valence-electron chi connectivity index (χ3n) is 5.22. The van der Waals surface area contributed by atoms with Gasteiger partial charge >= 0.3 is 0 Å². The lowest BCUT2D eigenvalue weighted by Gasteiger charge is -2.27. The van der Waals surface area contributed by atoms with E-state index < -0.39 is 0 Å². The third kappa shape index (κ3) is 4.47. The zero-order chi connectivity index (χ0) is 15.3. The Morgan fingerprint density at radius 2 is 1.76 bits per heavy atom. The molecule has 2 N–H and O–H groups in total. The predicted molar refractivity (Wildman–Crippen MR) is 89.8 cm³/mol. The molecule has 2 heteroatoms. The number of hydrogen-bond acceptors (Lipinski definition) is 2. The third-order valence-corrected chi connectivity index (χ3v) is 5.22. The van der Waals surface area contributed by atoms with Crippen molar-refractivity contribution in [3.05, 3.63) is 29.8 Å². The molecule has 0 radical (unpaired) electrons. The van der Waals surface area contributed by atoms with Gasteiger partial charge in [-0.25, -0.2) is 0 Å². The van der Waals surface area contributed by atoms with Crippen molar-refractivity contribution in [1.29, 1.82) is 0 Å². The summed E-state index contributed by atoms with van der Waals surface area (Å²) in [7, 11) is 0. The fourth-order valence-corrected chi connectivity index (χ4v) is 3.10. The van der Waals surface area contributed by atoms with E-state index in [9.17, 15) is 0 Å². The van der Waals surface area contributed by atoms with Gasteiger partial charge in [-0.3, -0.25) is 0 Å². The molecule has 0 amide bonds. The summed E-state index contributed by atoms with van der Waals surface area (Å²) in [5, 5.41) is 0. The van der Waals surface area contributed by atoms with Crippen LogP contribution >= 0.6 is 0 Å². The highest BCUT2D eigenvalue weighted by molar-refractivity contribution is 5.31. The normalized spacial score (nSPS) is 18.5. The zero-order valence-electron chi connectivity index (χ0n) is 13.9. The Morgan fingerprint density at radius 3 is 2.33 bits per heavy atom. The fraction of sp³-hybridized carbons (Fsp3) is 0.684. The lowest BCUT2D eigenvalue weighted by atomic mass is 9.82. The second-order valence-electron chi connectivity index (χ2n) is 7.13. The van der Waals surface area contributed by atoms with Crippen LogP contribution in [0.4, 0.5) is 0 Å². The van der Waals surface area contributed by atoms with Gasteiger partial charge in [-0.1, -0.05) is 52.2 Å². The summed E-state index contributed by atoms with van der Waals surface area (Å²) in [6.45, 7) is 7.43. The highest BCUT2D eigenvalue weighted by atomic mass is 16.5. The summed E-state index contributed by atoms with van der Waals surface area (Å²) >= 11 is 0. The molecule has 0 aliphatic heterocycles. The first kappa shape index (κ1) is 16.4. The Hall–Kier alpha value is -1.02. The molecular weight excluding hydrogens is 258 g/mol. The van der Waals surface area contributed by atoms with Crippen LogP contribution in [-0.4, -0.2) is 12.6 Å². The summed E-state index contributed by atoms with van der Waals surface area (Å²) in [6.07, 6.45) is 7.72. The molecule has 1 aromatic rings. The fourth-order valence-electron chi connectivity index (χ4n) is 3.10. The van der Waals surface area contributed by atoms with Crippen LogP contribution in [0.2, 0.25) is 0 Å². The van der Waals surface area contributed by atoms with Gasteiger partial charge in [0.05, 0.1) is 0 Å². The van der Waals surface area contributed by atoms with Gasteiger partial charge < -0.3 is 10.5 Å². The summed E-state index contributed by atoms with van der Waals surface area (Å²) < 4.78 is 5.90. The zero-order valence-corrected chi connectivity index (χ0v) is 13.9. The molecule has 1 fully saturated rings.